The molecule has 2 rings (SSSR count). The third-order valence-electron chi connectivity index (χ3n) is 3.85. The third-order valence-corrected chi connectivity index (χ3v) is 5.45. The van der Waals surface area contributed by atoms with Crippen molar-refractivity contribution in [2.24, 2.45) is 0 Å². The minimum Gasteiger partial charge on any atom is -0.352 e. The van der Waals surface area contributed by atoms with Gasteiger partial charge in [-0.3, -0.25) is 9.59 Å². The summed E-state index contributed by atoms with van der Waals surface area (Å²) in [6.45, 7) is 2.49. The summed E-state index contributed by atoms with van der Waals surface area (Å²) in [7, 11) is -3.40. The van der Waals surface area contributed by atoms with Gasteiger partial charge in [-0.05, 0) is 24.1 Å². The lowest BCUT2D eigenvalue weighted by Crippen LogP contribution is -2.26. The van der Waals surface area contributed by atoms with E-state index in [1.807, 2.05) is 13.0 Å². The highest BCUT2D eigenvalue weighted by atomic mass is 32.2. The van der Waals surface area contributed by atoms with Gasteiger partial charge in [-0.2, -0.15) is 0 Å². The van der Waals surface area contributed by atoms with Crippen molar-refractivity contribution >= 4 is 27.3 Å². The van der Waals surface area contributed by atoms with Gasteiger partial charge in [0.05, 0.1) is 22.8 Å². The Balaban J connectivity index is 1.95. The molecule has 0 spiro atoms. The highest BCUT2D eigenvalue weighted by Gasteiger charge is 2.16. The van der Waals surface area contributed by atoms with Gasteiger partial charge >= 0.3 is 0 Å². The summed E-state index contributed by atoms with van der Waals surface area (Å²) in [5.74, 6) is -1.07. The molecule has 0 aliphatic heterocycles. The molecule has 0 fully saturated rings. The van der Waals surface area contributed by atoms with Gasteiger partial charge in [0.1, 0.15) is 0 Å². The van der Waals surface area contributed by atoms with Crippen LogP contribution in [0.15, 0.2) is 54.6 Å². The number of hydrogen-bond donors (Lipinski definition) is 2. The number of hydrogen-bond acceptors (Lipinski definition) is 4. The van der Waals surface area contributed by atoms with E-state index in [-0.39, 0.29) is 23.8 Å². The Morgan fingerprint density at radius 1 is 0.963 bits per heavy atom. The van der Waals surface area contributed by atoms with E-state index in [1.165, 1.54) is 0 Å². The average molecular weight is 388 g/mol. The molecular formula is C20H24N2O4S. The molecule has 2 aromatic carbocycles. The fraction of sp³-hybridized carbons (Fsp3) is 0.300. The Labute approximate surface area is 159 Å². The first-order valence-corrected chi connectivity index (χ1v) is 10.6. The lowest BCUT2D eigenvalue weighted by Gasteiger charge is -2.11. The number of nitrogens with one attached hydrogen (secondary N) is 2. The summed E-state index contributed by atoms with van der Waals surface area (Å²) < 4.78 is 24.4. The third kappa shape index (κ3) is 6.86. The van der Waals surface area contributed by atoms with Crippen molar-refractivity contribution in [1.82, 2.24) is 5.32 Å². The quantitative estimate of drug-likeness (QED) is 0.691. The summed E-state index contributed by atoms with van der Waals surface area (Å²) in [5.41, 5.74) is 1.42. The second-order valence-electron chi connectivity index (χ2n) is 6.18. The van der Waals surface area contributed by atoms with Crippen LogP contribution in [0.5, 0.6) is 0 Å². The predicted molar refractivity (Wildman–Crippen MR) is 106 cm³/mol. The van der Waals surface area contributed by atoms with E-state index in [0.717, 1.165) is 6.42 Å². The zero-order valence-corrected chi connectivity index (χ0v) is 16.1. The van der Waals surface area contributed by atoms with E-state index >= 15 is 0 Å². The summed E-state index contributed by atoms with van der Waals surface area (Å²) >= 11 is 0. The number of carbonyl (C=O) groups is 2. The average Bonchev–Trinajstić information content (AvgIpc) is 2.65. The second kappa shape index (κ2) is 9.87. The van der Waals surface area contributed by atoms with Gasteiger partial charge in [0.15, 0.2) is 9.84 Å². The molecule has 0 aromatic heterocycles. The maximum atomic E-state index is 12.2. The molecule has 0 heterocycles. The molecule has 27 heavy (non-hydrogen) atoms. The van der Waals surface area contributed by atoms with E-state index in [2.05, 4.69) is 10.6 Å². The van der Waals surface area contributed by atoms with Crippen LogP contribution in [-0.4, -0.2) is 32.5 Å². The smallest absolute Gasteiger partial charge is 0.253 e. The molecule has 2 N–H and O–H groups in total. The molecule has 0 unspecified atom stereocenters. The van der Waals surface area contributed by atoms with E-state index < -0.39 is 15.7 Å². The maximum Gasteiger partial charge on any atom is 0.253 e. The van der Waals surface area contributed by atoms with Crippen LogP contribution in [0, 0.1) is 0 Å². The molecule has 0 aliphatic carbocycles. The zero-order chi connectivity index (χ0) is 19.7. The minimum atomic E-state index is -3.40. The molecule has 7 heteroatoms. The summed E-state index contributed by atoms with van der Waals surface area (Å²) in [6.07, 6.45) is 0.639. The van der Waals surface area contributed by atoms with Gasteiger partial charge in [-0.25, -0.2) is 8.42 Å². The molecule has 0 saturated carbocycles. The number of sulfone groups is 1. The van der Waals surface area contributed by atoms with Crippen LogP contribution in [0.3, 0.4) is 0 Å². The first kappa shape index (κ1) is 20.6. The Bertz CT molecular complexity index is 880. The highest BCUT2D eigenvalue weighted by Crippen LogP contribution is 2.16. The SMILES string of the molecule is CCCNC(=O)c1ccccc1NC(=O)CCS(=O)(=O)Cc1ccccc1. The number of carbonyl (C=O) groups excluding carboxylic acids is 2. The molecule has 0 aliphatic rings. The van der Waals surface area contributed by atoms with Crippen molar-refractivity contribution in [2.75, 3.05) is 17.6 Å². The van der Waals surface area contributed by atoms with Crippen LogP contribution in [0.25, 0.3) is 0 Å². The minimum absolute atomic E-state index is 0.100. The van der Waals surface area contributed by atoms with E-state index in [4.69, 9.17) is 0 Å². The predicted octanol–water partition coefficient (Wildman–Crippen LogP) is 2.77. The Kier molecular flexibility index (Phi) is 7.55. The van der Waals surface area contributed by atoms with Crippen LogP contribution in [0.4, 0.5) is 5.69 Å². The summed E-state index contributed by atoms with van der Waals surface area (Å²) in [5, 5.41) is 5.40. The van der Waals surface area contributed by atoms with E-state index in [9.17, 15) is 18.0 Å². The van der Waals surface area contributed by atoms with Crippen molar-refractivity contribution in [3.8, 4) is 0 Å². The van der Waals surface area contributed by atoms with Crippen molar-refractivity contribution in [3.05, 3.63) is 65.7 Å². The Hall–Kier alpha value is -2.67. The van der Waals surface area contributed by atoms with Crippen molar-refractivity contribution in [3.63, 3.8) is 0 Å². The van der Waals surface area contributed by atoms with Crippen molar-refractivity contribution in [2.45, 2.75) is 25.5 Å². The van der Waals surface area contributed by atoms with Crippen LogP contribution < -0.4 is 10.6 Å². The van der Waals surface area contributed by atoms with Gasteiger partial charge in [-0.1, -0.05) is 49.4 Å². The standard InChI is InChI=1S/C20H24N2O4S/c1-2-13-21-20(24)17-10-6-7-11-18(17)22-19(23)12-14-27(25,26)15-16-8-4-3-5-9-16/h3-11H,2,12-15H2,1H3,(H,21,24)(H,22,23). The molecule has 144 valence electrons. The first-order chi connectivity index (χ1) is 12.9. The van der Waals surface area contributed by atoms with Gasteiger partial charge in [0.25, 0.3) is 5.91 Å². The van der Waals surface area contributed by atoms with E-state index in [1.54, 1.807) is 48.5 Å². The molecule has 0 saturated heterocycles. The molecule has 0 bridgehead atoms. The highest BCUT2D eigenvalue weighted by molar-refractivity contribution is 7.90. The van der Waals surface area contributed by atoms with E-state index in [0.29, 0.717) is 23.4 Å². The van der Waals surface area contributed by atoms with Crippen LogP contribution in [-0.2, 0) is 20.4 Å². The molecule has 0 atom stereocenters. The van der Waals surface area contributed by atoms with Crippen LogP contribution in [0.1, 0.15) is 35.7 Å². The van der Waals surface area contributed by atoms with Gasteiger partial charge in [-0.15, -0.1) is 0 Å². The lowest BCUT2D eigenvalue weighted by molar-refractivity contribution is -0.115. The Morgan fingerprint density at radius 2 is 1.63 bits per heavy atom. The largest absolute Gasteiger partial charge is 0.352 e. The number of benzene rings is 2. The maximum absolute atomic E-state index is 12.2. The molecule has 6 nitrogen and oxygen atoms in total. The molecule has 2 amide bonds. The zero-order valence-electron chi connectivity index (χ0n) is 15.3. The van der Waals surface area contributed by atoms with Gasteiger partial charge < -0.3 is 10.6 Å². The number of para-hydroxylation sites is 1. The number of rotatable bonds is 9. The Morgan fingerprint density at radius 3 is 2.33 bits per heavy atom. The fourth-order valence-corrected chi connectivity index (χ4v) is 3.83. The summed E-state index contributed by atoms with van der Waals surface area (Å²) in [6, 6.07) is 15.5. The summed E-state index contributed by atoms with van der Waals surface area (Å²) in [4.78, 5) is 24.4. The first-order valence-electron chi connectivity index (χ1n) is 8.82. The van der Waals surface area contributed by atoms with Crippen LogP contribution >= 0.6 is 0 Å². The molecule has 0 radical (unpaired) electrons. The topological polar surface area (TPSA) is 92.3 Å². The number of amides is 2. The molecule has 2 aromatic rings. The van der Waals surface area contributed by atoms with Crippen LogP contribution in [0.2, 0.25) is 0 Å². The molecular weight excluding hydrogens is 364 g/mol. The normalized spacial score (nSPS) is 11.0. The lowest BCUT2D eigenvalue weighted by atomic mass is 10.1. The van der Waals surface area contributed by atoms with Gasteiger partial charge in [0.2, 0.25) is 5.91 Å². The van der Waals surface area contributed by atoms with Crippen molar-refractivity contribution in [1.29, 1.82) is 0 Å². The van der Waals surface area contributed by atoms with Gasteiger partial charge in [0, 0.05) is 13.0 Å². The fourth-order valence-electron chi connectivity index (χ4n) is 2.49. The van der Waals surface area contributed by atoms with Crippen molar-refractivity contribution < 1.29 is 18.0 Å². The number of anilines is 1. The second-order valence-corrected chi connectivity index (χ2v) is 8.36. The monoisotopic (exact) mass is 388 g/mol.